The molecule has 1 aliphatic carbocycles. The predicted octanol–water partition coefficient (Wildman–Crippen LogP) is 2.38. The van der Waals surface area contributed by atoms with Gasteiger partial charge in [0.05, 0.1) is 0 Å². The molecule has 0 aromatic rings. The van der Waals surface area contributed by atoms with Gasteiger partial charge < -0.3 is 0 Å². The molecule has 0 nitrogen and oxygen atoms in total. The molecule has 0 saturated carbocycles. The van der Waals surface area contributed by atoms with E-state index in [-0.39, 0.29) is 0 Å². The van der Waals surface area contributed by atoms with E-state index in [0.717, 1.165) is 5.92 Å². The largest absolute Gasteiger partial charge is 0.0774 e. The van der Waals surface area contributed by atoms with Gasteiger partial charge in [-0.3, -0.25) is 0 Å². The molecule has 0 heteroatoms. The van der Waals surface area contributed by atoms with E-state index in [1.54, 1.807) is 0 Å². The van der Waals surface area contributed by atoms with E-state index >= 15 is 0 Å². The first-order valence-corrected chi connectivity index (χ1v) is 3.15. The van der Waals surface area contributed by atoms with E-state index < -0.39 is 0 Å². The number of allylic oxidation sites excluding steroid dienone is 4. The second-order valence-corrected chi connectivity index (χ2v) is 2.59. The first-order chi connectivity index (χ1) is 3.80. The van der Waals surface area contributed by atoms with Gasteiger partial charge in [0, 0.05) is 0 Å². The monoisotopic (exact) mass is 108 g/mol. The molecule has 0 saturated heterocycles. The van der Waals surface area contributed by atoms with Crippen LogP contribution in [0.15, 0.2) is 24.3 Å². The van der Waals surface area contributed by atoms with E-state index in [9.17, 15) is 0 Å². The van der Waals surface area contributed by atoms with E-state index in [1.807, 2.05) is 0 Å². The summed E-state index contributed by atoms with van der Waals surface area (Å²) >= 11 is 0. The highest BCUT2D eigenvalue weighted by Crippen LogP contribution is 2.17. The number of hydrogen-bond donors (Lipinski definition) is 0. The molecular formula is C8H12. The summed E-state index contributed by atoms with van der Waals surface area (Å²) in [5.41, 5.74) is 0. The number of rotatable bonds is 1. The van der Waals surface area contributed by atoms with Crippen molar-refractivity contribution < 1.29 is 0 Å². The summed E-state index contributed by atoms with van der Waals surface area (Å²) in [6.07, 6.45) is 8.71. The fourth-order valence-corrected chi connectivity index (χ4v) is 0.893. The highest BCUT2D eigenvalue weighted by atomic mass is 14.1. The highest BCUT2D eigenvalue weighted by Gasteiger charge is 2.06. The Hall–Kier alpha value is -0.520. The minimum absolute atomic E-state index is 0.704. The summed E-state index contributed by atoms with van der Waals surface area (Å²) in [5, 5.41) is 0. The topological polar surface area (TPSA) is 0 Å². The Morgan fingerprint density at radius 2 is 1.62 bits per heavy atom. The van der Waals surface area contributed by atoms with Gasteiger partial charge in [0.15, 0.2) is 0 Å². The van der Waals surface area contributed by atoms with Gasteiger partial charge in [-0.2, -0.15) is 0 Å². The summed E-state index contributed by atoms with van der Waals surface area (Å²) in [7, 11) is 0. The van der Waals surface area contributed by atoms with Crippen molar-refractivity contribution in [1.29, 1.82) is 0 Å². The molecule has 0 aromatic carbocycles. The summed E-state index contributed by atoms with van der Waals surface area (Å²) in [6.45, 7) is 4.48. The fourth-order valence-electron chi connectivity index (χ4n) is 0.893. The highest BCUT2D eigenvalue weighted by molar-refractivity contribution is 5.17. The van der Waals surface area contributed by atoms with Crippen molar-refractivity contribution in [3.05, 3.63) is 24.3 Å². The Labute approximate surface area is 50.9 Å². The van der Waals surface area contributed by atoms with Crippen LogP contribution < -0.4 is 0 Å². The SMILES string of the molecule is CC(C)C1C=CC=C1. The average molecular weight is 108 g/mol. The Morgan fingerprint density at radius 3 is 1.88 bits per heavy atom. The minimum Gasteiger partial charge on any atom is -0.0774 e. The third kappa shape index (κ3) is 1.00. The van der Waals surface area contributed by atoms with Crippen LogP contribution in [0.4, 0.5) is 0 Å². The molecule has 0 atom stereocenters. The Morgan fingerprint density at radius 1 is 1.12 bits per heavy atom. The molecule has 0 unspecified atom stereocenters. The molecule has 0 amide bonds. The van der Waals surface area contributed by atoms with E-state index in [1.165, 1.54) is 0 Å². The fraction of sp³-hybridized carbons (Fsp3) is 0.500. The zero-order valence-corrected chi connectivity index (χ0v) is 5.46. The van der Waals surface area contributed by atoms with Gasteiger partial charge in [0.1, 0.15) is 0 Å². The zero-order valence-electron chi connectivity index (χ0n) is 5.46. The van der Waals surface area contributed by atoms with E-state index in [0.29, 0.717) is 5.92 Å². The van der Waals surface area contributed by atoms with E-state index in [4.69, 9.17) is 0 Å². The summed E-state index contributed by atoms with van der Waals surface area (Å²) in [5.74, 6) is 1.47. The normalized spacial score (nSPS) is 18.9. The van der Waals surface area contributed by atoms with Gasteiger partial charge in [0.2, 0.25) is 0 Å². The summed E-state index contributed by atoms with van der Waals surface area (Å²) < 4.78 is 0. The molecule has 0 bridgehead atoms. The van der Waals surface area contributed by atoms with Gasteiger partial charge in [-0.25, -0.2) is 0 Å². The van der Waals surface area contributed by atoms with Crippen molar-refractivity contribution in [2.45, 2.75) is 13.8 Å². The first kappa shape index (κ1) is 5.61. The molecule has 44 valence electrons. The smallest absolute Gasteiger partial charge is 0.00242 e. The second kappa shape index (κ2) is 2.17. The molecule has 0 aliphatic heterocycles. The molecule has 1 rings (SSSR count). The molecular weight excluding hydrogens is 96.1 g/mol. The minimum atomic E-state index is 0.704. The predicted molar refractivity (Wildman–Crippen MR) is 36.6 cm³/mol. The number of hydrogen-bond acceptors (Lipinski definition) is 0. The summed E-state index contributed by atoms with van der Waals surface area (Å²) in [6, 6.07) is 0. The Balaban J connectivity index is 2.49. The van der Waals surface area contributed by atoms with Gasteiger partial charge in [-0.1, -0.05) is 38.2 Å². The lowest BCUT2D eigenvalue weighted by molar-refractivity contribution is 0.555. The second-order valence-electron chi connectivity index (χ2n) is 2.59. The van der Waals surface area contributed by atoms with Crippen LogP contribution in [0, 0.1) is 11.8 Å². The maximum Gasteiger partial charge on any atom is -0.00242 e. The van der Waals surface area contributed by atoms with Crippen LogP contribution in [-0.2, 0) is 0 Å². The van der Waals surface area contributed by atoms with Gasteiger partial charge in [-0.05, 0) is 11.8 Å². The molecule has 0 spiro atoms. The lowest BCUT2D eigenvalue weighted by atomic mass is 9.98. The maximum absolute atomic E-state index is 2.24. The van der Waals surface area contributed by atoms with Gasteiger partial charge in [0.25, 0.3) is 0 Å². The molecule has 0 radical (unpaired) electrons. The standard InChI is InChI=1S/C8H12/c1-7(2)8-5-3-4-6-8/h3-8H,1-2H3. The lowest BCUT2D eigenvalue weighted by Crippen LogP contribution is -1.98. The Bertz CT molecular complexity index is 106. The van der Waals surface area contributed by atoms with E-state index in [2.05, 4.69) is 38.2 Å². The molecule has 0 heterocycles. The first-order valence-electron chi connectivity index (χ1n) is 3.15. The van der Waals surface area contributed by atoms with Crippen molar-refractivity contribution in [1.82, 2.24) is 0 Å². The van der Waals surface area contributed by atoms with Gasteiger partial charge >= 0.3 is 0 Å². The van der Waals surface area contributed by atoms with Crippen molar-refractivity contribution >= 4 is 0 Å². The summed E-state index contributed by atoms with van der Waals surface area (Å²) in [4.78, 5) is 0. The van der Waals surface area contributed by atoms with Crippen LogP contribution in [0.5, 0.6) is 0 Å². The third-order valence-corrected chi connectivity index (χ3v) is 1.55. The van der Waals surface area contributed by atoms with Crippen LogP contribution in [0.3, 0.4) is 0 Å². The van der Waals surface area contributed by atoms with Crippen molar-refractivity contribution in [2.75, 3.05) is 0 Å². The molecule has 1 aliphatic rings. The third-order valence-electron chi connectivity index (χ3n) is 1.55. The Kier molecular flexibility index (Phi) is 1.52. The van der Waals surface area contributed by atoms with Gasteiger partial charge in [-0.15, -0.1) is 0 Å². The van der Waals surface area contributed by atoms with Crippen LogP contribution >= 0.6 is 0 Å². The quantitative estimate of drug-likeness (QED) is 0.483. The van der Waals surface area contributed by atoms with Crippen LogP contribution in [0.25, 0.3) is 0 Å². The average Bonchev–Trinajstić information content (AvgIpc) is 2.12. The van der Waals surface area contributed by atoms with Crippen molar-refractivity contribution in [3.63, 3.8) is 0 Å². The zero-order chi connectivity index (χ0) is 5.98. The van der Waals surface area contributed by atoms with Crippen molar-refractivity contribution in [2.24, 2.45) is 11.8 Å². The van der Waals surface area contributed by atoms with Crippen molar-refractivity contribution in [3.8, 4) is 0 Å². The molecule has 0 aromatic heterocycles. The molecule has 8 heavy (non-hydrogen) atoms. The van der Waals surface area contributed by atoms with Crippen LogP contribution in [0.2, 0.25) is 0 Å². The maximum atomic E-state index is 2.24. The molecule has 0 fully saturated rings. The van der Waals surface area contributed by atoms with Crippen LogP contribution in [-0.4, -0.2) is 0 Å². The molecule has 0 N–H and O–H groups in total. The lowest BCUT2D eigenvalue weighted by Gasteiger charge is -2.07. The van der Waals surface area contributed by atoms with Crippen LogP contribution in [0.1, 0.15) is 13.8 Å².